The number of carbonyl (C=O) groups is 1. The summed E-state index contributed by atoms with van der Waals surface area (Å²) in [6.07, 6.45) is 3.37. The molecule has 7 nitrogen and oxygen atoms in total. The fourth-order valence-corrected chi connectivity index (χ4v) is 3.43. The van der Waals surface area contributed by atoms with Gasteiger partial charge in [0.05, 0.1) is 25.0 Å². The van der Waals surface area contributed by atoms with E-state index in [2.05, 4.69) is 15.3 Å². The maximum Gasteiger partial charge on any atom is 0.272 e. The number of ether oxygens (including phenoxy) is 2. The van der Waals surface area contributed by atoms with Crippen LogP contribution in [0.25, 0.3) is 11.3 Å². The lowest BCUT2D eigenvalue weighted by Crippen LogP contribution is -2.56. The Morgan fingerprint density at radius 3 is 2.77 bits per heavy atom. The van der Waals surface area contributed by atoms with E-state index in [0.29, 0.717) is 31.1 Å². The number of amides is 1. The predicted molar refractivity (Wildman–Crippen MR) is 114 cm³/mol. The van der Waals surface area contributed by atoms with Gasteiger partial charge in [0.2, 0.25) is 0 Å². The van der Waals surface area contributed by atoms with Crippen molar-refractivity contribution in [3.8, 4) is 22.8 Å². The minimum atomic E-state index is -0.0911. The number of aromatic nitrogens is 2. The van der Waals surface area contributed by atoms with Crippen molar-refractivity contribution >= 4 is 5.91 Å². The SMILES string of the molecule is COc1ccc(-c2cccc(C(=O)N3CCNCC3COc3cccnc3)n2)cc1. The summed E-state index contributed by atoms with van der Waals surface area (Å²) >= 11 is 0. The summed E-state index contributed by atoms with van der Waals surface area (Å²) in [6, 6.07) is 16.8. The first kappa shape index (κ1) is 19.8. The van der Waals surface area contributed by atoms with Crippen molar-refractivity contribution in [2.75, 3.05) is 33.4 Å². The highest BCUT2D eigenvalue weighted by Crippen LogP contribution is 2.21. The summed E-state index contributed by atoms with van der Waals surface area (Å²) in [7, 11) is 1.63. The van der Waals surface area contributed by atoms with E-state index in [1.807, 2.05) is 53.4 Å². The molecule has 1 unspecified atom stereocenters. The Morgan fingerprint density at radius 2 is 2.00 bits per heavy atom. The Hall–Kier alpha value is -3.45. The molecular weight excluding hydrogens is 380 g/mol. The quantitative estimate of drug-likeness (QED) is 0.681. The molecule has 4 rings (SSSR count). The summed E-state index contributed by atoms with van der Waals surface area (Å²) in [5.41, 5.74) is 2.11. The lowest BCUT2D eigenvalue weighted by atomic mass is 10.1. The molecule has 3 aromatic rings. The molecule has 0 aliphatic carbocycles. The topological polar surface area (TPSA) is 76.6 Å². The van der Waals surface area contributed by atoms with Crippen LogP contribution in [0.3, 0.4) is 0 Å². The van der Waals surface area contributed by atoms with Crippen LogP contribution in [0.5, 0.6) is 11.5 Å². The highest BCUT2D eigenvalue weighted by molar-refractivity contribution is 5.93. The standard InChI is InChI=1S/C23H24N4O3/c1-29-19-9-7-17(8-10-19)21-5-2-6-22(26-21)23(28)27-13-12-25-14-18(27)16-30-20-4-3-11-24-15-20/h2-11,15,18,25H,12-14,16H2,1H3. The summed E-state index contributed by atoms with van der Waals surface area (Å²) in [5.74, 6) is 1.38. The Balaban J connectivity index is 1.50. The van der Waals surface area contributed by atoms with Gasteiger partial charge in [0.15, 0.2) is 0 Å². The number of piperazine rings is 1. The van der Waals surface area contributed by atoms with Gasteiger partial charge in [-0.2, -0.15) is 0 Å². The second-order valence-corrected chi connectivity index (χ2v) is 6.99. The number of nitrogens with zero attached hydrogens (tertiary/aromatic N) is 3. The van der Waals surface area contributed by atoms with E-state index in [4.69, 9.17) is 9.47 Å². The largest absolute Gasteiger partial charge is 0.497 e. The van der Waals surface area contributed by atoms with Gasteiger partial charge in [-0.3, -0.25) is 9.78 Å². The molecule has 7 heteroatoms. The van der Waals surface area contributed by atoms with Gasteiger partial charge in [-0.05, 0) is 48.5 Å². The van der Waals surface area contributed by atoms with E-state index in [9.17, 15) is 4.79 Å². The molecule has 0 bridgehead atoms. The van der Waals surface area contributed by atoms with E-state index in [-0.39, 0.29) is 11.9 Å². The fraction of sp³-hybridized carbons (Fsp3) is 0.261. The van der Waals surface area contributed by atoms with Crippen LogP contribution < -0.4 is 14.8 Å². The van der Waals surface area contributed by atoms with Crippen LogP contribution in [-0.4, -0.2) is 60.2 Å². The number of rotatable bonds is 6. The molecule has 2 aromatic heterocycles. The second-order valence-electron chi connectivity index (χ2n) is 6.99. The molecular formula is C23H24N4O3. The van der Waals surface area contributed by atoms with Crippen molar-refractivity contribution in [3.63, 3.8) is 0 Å². The smallest absolute Gasteiger partial charge is 0.272 e. The molecule has 3 heterocycles. The Bertz CT molecular complexity index is 979. The second kappa shape index (κ2) is 9.37. The van der Waals surface area contributed by atoms with Gasteiger partial charge in [0.1, 0.15) is 23.8 Å². The van der Waals surface area contributed by atoms with Gasteiger partial charge in [-0.1, -0.05) is 6.07 Å². The van der Waals surface area contributed by atoms with Crippen molar-refractivity contribution in [1.29, 1.82) is 0 Å². The molecule has 1 aromatic carbocycles. The number of hydrogen-bond acceptors (Lipinski definition) is 6. The summed E-state index contributed by atoms with van der Waals surface area (Å²) in [4.78, 5) is 23.8. The van der Waals surface area contributed by atoms with Gasteiger partial charge in [-0.25, -0.2) is 4.98 Å². The first-order chi connectivity index (χ1) is 14.7. The molecule has 0 saturated carbocycles. The van der Waals surface area contributed by atoms with Crippen molar-refractivity contribution in [1.82, 2.24) is 20.2 Å². The van der Waals surface area contributed by atoms with Crippen LogP contribution in [0.15, 0.2) is 67.0 Å². The third-order valence-corrected chi connectivity index (χ3v) is 5.04. The Labute approximate surface area is 175 Å². The maximum atomic E-state index is 13.3. The van der Waals surface area contributed by atoms with E-state index in [1.54, 1.807) is 25.6 Å². The summed E-state index contributed by atoms with van der Waals surface area (Å²) in [6.45, 7) is 2.41. The lowest BCUT2D eigenvalue weighted by Gasteiger charge is -2.35. The average Bonchev–Trinajstić information content (AvgIpc) is 2.83. The molecule has 0 radical (unpaired) electrons. The zero-order valence-electron chi connectivity index (χ0n) is 16.8. The van der Waals surface area contributed by atoms with E-state index >= 15 is 0 Å². The van der Waals surface area contributed by atoms with E-state index in [1.165, 1.54) is 0 Å². The fourth-order valence-electron chi connectivity index (χ4n) is 3.43. The van der Waals surface area contributed by atoms with Crippen molar-refractivity contribution in [3.05, 3.63) is 72.7 Å². The lowest BCUT2D eigenvalue weighted by molar-refractivity contribution is 0.0553. The van der Waals surface area contributed by atoms with Crippen LogP contribution in [0.4, 0.5) is 0 Å². The van der Waals surface area contributed by atoms with Gasteiger partial charge in [0, 0.05) is 31.4 Å². The molecule has 1 aliphatic rings. The third-order valence-electron chi connectivity index (χ3n) is 5.04. The molecule has 1 atom stereocenters. The number of pyridine rings is 2. The van der Waals surface area contributed by atoms with Crippen LogP contribution >= 0.6 is 0 Å². The molecule has 154 valence electrons. The van der Waals surface area contributed by atoms with Crippen molar-refractivity contribution < 1.29 is 14.3 Å². The summed E-state index contributed by atoms with van der Waals surface area (Å²) in [5, 5.41) is 3.33. The molecule has 1 amide bonds. The van der Waals surface area contributed by atoms with Gasteiger partial charge in [-0.15, -0.1) is 0 Å². The van der Waals surface area contributed by atoms with Gasteiger partial charge < -0.3 is 19.7 Å². The zero-order valence-corrected chi connectivity index (χ0v) is 16.8. The first-order valence-electron chi connectivity index (χ1n) is 9.90. The third kappa shape index (κ3) is 4.58. The highest BCUT2D eigenvalue weighted by atomic mass is 16.5. The van der Waals surface area contributed by atoms with E-state index < -0.39 is 0 Å². The van der Waals surface area contributed by atoms with Crippen LogP contribution in [-0.2, 0) is 0 Å². The molecule has 1 fully saturated rings. The normalized spacial score (nSPS) is 16.2. The van der Waals surface area contributed by atoms with Crippen LogP contribution in [0, 0.1) is 0 Å². The minimum absolute atomic E-state index is 0.0853. The Morgan fingerprint density at radius 1 is 1.13 bits per heavy atom. The number of nitrogens with one attached hydrogen (secondary N) is 1. The first-order valence-corrected chi connectivity index (χ1v) is 9.90. The predicted octanol–water partition coefficient (Wildman–Crippen LogP) is 2.65. The molecule has 1 N–H and O–H groups in total. The number of benzene rings is 1. The van der Waals surface area contributed by atoms with Crippen LogP contribution in [0.1, 0.15) is 10.5 Å². The van der Waals surface area contributed by atoms with Crippen molar-refractivity contribution in [2.24, 2.45) is 0 Å². The van der Waals surface area contributed by atoms with E-state index in [0.717, 1.165) is 23.6 Å². The highest BCUT2D eigenvalue weighted by Gasteiger charge is 2.28. The number of hydrogen-bond donors (Lipinski definition) is 1. The van der Waals surface area contributed by atoms with Gasteiger partial charge in [0.25, 0.3) is 5.91 Å². The molecule has 0 spiro atoms. The molecule has 1 saturated heterocycles. The average molecular weight is 404 g/mol. The van der Waals surface area contributed by atoms with Crippen molar-refractivity contribution in [2.45, 2.75) is 6.04 Å². The van der Waals surface area contributed by atoms with Crippen LogP contribution in [0.2, 0.25) is 0 Å². The maximum absolute atomic E-state index is 13.3. The number of methoxy groups -OCH3 is 1. The number of carbonyl (C=O) groups excluding carboxylic acids is 1. The molecule has 1 aliphatic heterocycles. The molecule has 30 heavy (non-hydrogen) atoms. The zero-order chi connectivity index (χ0) is 20.8. The van der Waals surface area contributed by atoms with Gasteiger partial charge >= 0.3 is 0 Å². The minimum Gasteiger partial charge on any atom is -0.497 e. The monoisotopic (exact) mass is 404 g/mol. The Kier molecular flexibility index (Phi) is 6.20. The summed E-state index contributed by atoms with van der Waals surface area (Å²) < 4.78 is 11.1.